The van der Waals surface area contributed by atoms with Crippen LogP contribution in [0.4, 0.5) is 0 Å². The minimum atomic E-state index is 0.0934. The van der Waals surface area contributed by atoms with Crippen LogP contribution in [0.1, 0.15) is 18.1 Å². The number of thiazole rings is 1. The second-order valence-corrected chi connectivity index (χ2v) is 5.34. The van der Waals surface area contributed by atoms with E-state index in [0.29, 0.717) is 0 Å². The van der Waals surface area contributed by atoms with Crippen molar-refractivity contribution in [3.8, 4) is 0 Å². The van der Waals surface area contributed by atoms with Crippen molar-refractivity contribution in [2.75, 3.05) is 6.54 Å². The summed E-state index contributed by atoms with van der Waals surface area (Å²) in [6, 6.07) is 8.33. The van der Waals surface area contributed by atoms with Gasteiger partial charge in [0.15, 0.2) is 4.80 Å². The second-order valence-electron chi connectivity index (χ2n) is 4.33. The predicted molar refractivity (Wildman–Crippen MR) is 73.6 cm³/mol. The Bertz CT molecular complexity index is 738. The van der Waals surface area contributed by atoms with E-state index in [1.54, 1.807) is 4.57 Å². The molecule has 0 unspecified atom stereocenters. The maximum Gasteiger partial charge on any atom is 0.270 e. The first-order valence-corrected chi connectivity index (χ1v) is 6.94. The van der Waals surface area contributed by atoms with Crippen LogP contribution in [0.2, 0.25) is 0 Å². The molecule has 0 radical (unpaired) electrons. The summed E-state index contributed by atoms with van der Waals surface area (Å²) in [6.45, 7) is 3.61. The van der Waals surface area contributed by atoms with Gasteiger partial charge in [-0.1, -0.05) is 42.5 Å². The van der Waals surface area contributed by atoms with Gasteiger partial charge in [-0.15, -0.1) is 0 Å². The van der Waals surface area contributed by atoms with E-state index >= 15 is 0 Å². The Morgan fingerprint density at radius 2 is 2.17 bits per heavy atom. The number of fused-ring (bicyclic) bond motifs is 1. The highest BCUT2D eigenvalue weighted by atomic mass is 32.1. The van der Waals surface area contributed by atoms with E-state index in [4.69, 9.17) is 0 Å². The first-order chi connectivity index (χ1) is 8.78. The van der Waals surface area contributed by atoms with Gasteiger partial charge in [0.1, 0.15) is 0 Å². The molecule has 3 rings (SSSR count). The van der Waals surface area contributed by atoms with Crippen LogP contribution in [0.25, 0.3) is 6.08 Å². The maximum atomic E-state index is 12.1. The minimum Gasteiger partial charge on any atom is -0.282 e. The number of aryl methyl sites for hydroxylation is 1. The lowest BCUT2D eigenvalue weighted by atomic mass is 10.1. The standard InChI is InChI=1S/C14H14N2OS/c1-2-10-3-5-11(6-4-10)9-12-13(17)16-8-7-15-14(16)18-12/h3-6,9H,2,7-8H2,1H3. The highest BCUT2D eigenvalue weighted by molar-refractivity contribution is 7.07. The van der Waals surface area contributed by atoms with Gasteiger partial charge in [-0.2, -0.15) is 0 Å². The van der Waals surface area contributed by atoms with E-state index < -0.39 is 0 Å². The van der Waals surface area contributed by atoms with Crippen molar-refractivity contribution in [1.29, 1.82) is 0 Å². The van der Waals surface area contributed by atoms with Crippen LogP contribution < -0.4 is 14.9 Å². The quantitative estimate of drug-likeness (QED) is 0.789. The fourth-order valence-corrected chi connectivity index (χ4v) is 3.10. The van der Waals surface area contributed by atoms with Gasteiger partial charge in [0.05, 0.1) is 11.1 Å². The SMILES string of the molecule is CCc1ccc(C=c2sc3n(c2=O)CCN=3)cc1. The molecular formula is C14H14N2OS. The average molecular weight is 258 g/mol. The molecule has 0 spiro atoms. The van der Waals surface area contributed by atoms with Crippen LogP contribution in [-0.4, -0.2) is 11.1 Å². The number of aromatic nitrogens is 1. The van der Waals surface area contributed by atoms with Gasteiger partial charge in [0.2, 0.25) is 0 Å². The zero-order valence-corrected chi connectivity index (χ0v) is 11.0. The highest BCUT2D eigenvalue weighted by Crippen LogP contribution is 2.05. The number of rotatable bonds is 2. The predicted octanol–water partition coefficient (Wildman–Crippen LogP) is 0.934. The molecule has 3 nitrogen and oxygen atoms in total. The van der Waals surface area contributed by atoms with Crippen LogP contribution in [0.3, 0.4) is 0 Å². The summed E-state index contributed by atoms with van der Waals surface area (Å²) < 4.78 is 2.54. The van der Waals surface area contributed by atoms with Gasteiger partial charge < -0.3 is 0 Å². The van der Waals surface area contributed by atoms with E-state index in [2.05, 4.69) is 36.2 Å². The summed E-state index contributed by atoms with van der Waals surface area (Å²) in [4.78, 5) is 17.2. The van der Waals surface area contributed by atoms with Crippen molar-refractivity contribution in [3.63, 3.8) is 0 Å². The Balaban J connectivity index is 2.09. The summed E-state index contributed by atoms with van der Waals surface area (Å²) in [7, 11) is 0. The first-order valence-electron chi connectivity index (χ1n) is 6.13. The third-order valence-electron chi connectivity index (χ3n) is 3.14. The molecular weight excluding hydrogens is 244 g/mol. The average Bonchev–Trinajstić information content (AvgIpc) is 2.95. The van der Waals surface area contributed by atoms with Crippen LogP contribution in [0, 0.1) is 0 Å². The highest BCUT2D eigenvalue weighted by Gasteiger charge is 2.09. The fourth-order valence-electron chi connectivity index (χ4n) is 2.07. The summed E-state index contributed by atoms with van der Waals surface area (Å²) in [5.41, 5.74) is 2.48. The van der Waals surface area contributed by atoms with Crippen molar-refractivity contribution in [3.05, 3.63) is 55.1 Å². The Labute approximate surface area is 109 Å². The largest absolute Gasteiger partial charge is 0.282 e. The van der Waals surface area contributed by atoms with E-state index in [1.807, 2.05) is 6.08 Å². The van der Waals surface area contributed by atoms with Crippen molar-refractivity contribution < 1.29 is 0 Å². The lowest BCUT2D eigenvalue weighted by Gasteiger charge is -1.96. The molecule has 0 saturated heterocycles. The smallest absolute Gasteiger partial charge is 0.270 e. The molecule has 0 atom stereocenters. The maximum absolute atomic E-state index is 12.1. The molecule has 1 aromatic heterocycles. The van der Waals surface area contributed by atoms with E-state index in [1.165, 1.54) is 16.9 Å². The number of nitrogens with zero attached hydrogens (tertiary/aromatic N) is 2. The van der Waals surface area contributed by atoms with Crippen LogP contribution in [0.5, 0.6) is 0 Å². The summed E-state index contributed by atoms with van der Waals surface area (Å²) >= 11 is 1.48. The van der Waals surface area contributed by atoms with Gasteiger partial charge in [-0.3, -0.25) is 14.4 Å². The summed E-state index contributed by atoms with van der Waals surface area (Å²) in [5, 5.41) is 0. The molecule has 2 aromatic rings. The van der Waals surface area contributed by atoms with Crippen LogP contribution >= 0.6 is 11.3 Å². The zero-order chi connectivity index (χ0) is 12.5. The molecule has 0 saturated carbocycles. The Hall–Kier alpha value is -1.68. The molecule has 0 bridgehead atoms. The Kier molecular flexibility index (Phi) is 2.88. The van der Waals surface area contributed by atoms with Crippen LogP contribution in [0.15, 0.2) is 34.1 Å². The van der Waals surface area contributed by atoms with Gasteiger partial charge in [-0.05, 0) is 23.6 Å². The molecule has 2 heterocycles. The third kappa shape index (κ3) is 1.93. The molecule has 0 fully saturated rings. The molecule has 0 N–H and O–H groups in total. The Morgan fingerprint density at radius 3 is 2.83 bits per heavy atom. The Morgan fingerprint density at radius 1 is 1.39 bits per heavy atom. The fraction of sp³-hybridized carbons (Fsp3) is 0.286. The topological polar surface area (TPSA) is 34.4 Å². The number of hydrogen-bond acceptors (Lipinski definition) is 3. The lowest BCUT2D eigenvalue weighted by molar-refractivity contribution is 0.740. The van der Waals surface area contributed by atoms with Gasteiger partial charge in [-0.25, -0.2) is 0 Å². The molecule has 92 valence electrons. The first kappa shape index (κ1) is 11.4. The zero-order valence-electron chi connectivity index (χ0n) is 10.2. The number of benzene rings is 1. The van der Waals surface area contributed by atoms with E-state index in [9.17, 15) is 4.79 Å². The third-order valence-corrected chi connectivity index (χ3v) is 4.19. The van der Waals surface area contributed by atoms with Crippen molar-refractivity contribution >= 4 is 17.4 Å². The van der Waals surface area contributed by atoms with E-state index in [0.717, 1.165) is 34.4 Å². The van der Waals surface area contributed by atoms with Gasteiger partial charge in [0.25, 0.3) is 5.56 Å². The minimum absolute atomic E-state index is 0.0934. The molecule has 0 amide bonds. The molecule has 1 aromatic carbocycles. The molecule has 1 aliphatic heterocycles. The normalized spacial score (nSPS) is 14.6. The number of hydrogen-bond donors (Lipinski definition) is 0. The summed E-state index contributed by atoms with van der Waals surface area (Å²) in [5.74, 6) is 0. The van der Waals surface area contributed by atoms with Gasteiger partial charge in [0, 0.05) is 6.54 Å². The molecule has 18 heavy (non-hydrogen) atoms. The van der Waals surface area contributed by atoms with Crippen molar-refractivity contribution in [1.82, 2.24) is 4.57 Å². The van der Waals surface area contributed by atoms with Crippen molar-refractivity contribution in [2.45, 2.75) is 19.9 Å². The van der Waals surface area contributed by atoms with Crippen molar-refractivity contribution in [2.24, 2.45) is 4.99 Å². The van der Waals surface area contributed by atoms with E-state index in [-0.39, 0.29) is 5.56 Å². The molecule has 0 aliphatic carbocycles. The monoisotopic (exact) mass is 258 g/mol. The second kappa shape index (κ2) is 4.53. The van der Waals surface area contributed by atoms with Gasteiger partial charge >= 0.3 is 0 Å². The molecule has 4 heteroatoms. The summed E-state index contributed by atoms with van der Waals surface area (Å²) in [6.07, 6.45) is 2.99. The molecule has 1 aliphatic rings. The lowest BCUT2D eigenvalue weighted by Crippen LogP contribution is -2.29. The van der Waals surface area contributed by atoms with Crippen LogP contribution in [-0.2, 0) is 13.0 Å².